The Kier molecular flexibility index (Phi) is 3.73. The van der Waals surface area contributed by atoms with Crippen molar-refractivity contribution in [2.45, 2.75) is 51.6 Å². The average Bonchev–Trinajstić information content (AvgIpc) is 3.14. The lowest BCUT2D eigenvalue weighted by molar-refractivity contribution is 0.437. The highest BCUT2D eigenvalue weighted by Crippen LogP contribution is 2.22. The fourth-order valence-electron chi connectivity index (χ4n) is 3.33. The zero-order valence-electron chi connectivity index (χ0n) is 13.3. The van der Waals surface area contributed by atoms with Crippen molar-refractivity contribution in [3.05, 3.63) is 36.0 Å². The van der Waals surface area contributed by atoms with Gasteiger partial charge < -0.3 is 14.3 Å². The first-order valence-corrected chi connectivity index (χ1v) is 8.30. The highest BCUT2D eigenvalue weighted by Gasteiger charge is 2.17. The summed E-state index contributed by atoms with van der Waals surface area (Å²) in [6.45, 7) is 2.54. The number of nitrogens with one attached hydrogen (secondary N) is 1. The standard InChI is InChI=1S/C17H21N5O/c1-12-18-14-9-5-6-10-15(14)22(12)11-16-20-21-17(23-16)19-13-7-3-2-4-8-13/h5-6,9-10,13H,2-4,7-8,11H2,1H3,(H,19,21). The zero-order valence-corrected chi connectivity index (χ0v) is 13.3. The number of hydrogen-bond acceptors (Lipinski definition) is 5. The molecule has 0 saturated heterocycles. The Bertz CT molecular complexity index is 800. The van der Waals surface area contributed by atoms with Crippen LogP contribution in [0, 0.1) is 6.92 Å². The van der Waals surface area contributed by atoms with E-state index in [1.54, 1.807) is 0 Å². The van der Waals surface area contributed by atoms with E-state index in [0.29, 0.717) is 24.5 Å². The highest BCUT2D eigenvalue weighted by molar-refractivity contribution is 5.75. The molecule has 1 saturated carbocycles. The summed E-state index contributed by atoms with van der Waals surface area (Å²) in [5.74, 6) is 1.56. The van der Waals surface area contributed by atoms with Crippen LogP contribution in [0.2, 0.25) is 0 Å². The Morgan fingerprint density at radius 3 is 2.87 bits per heavy atom. The Morgan fingerprint density at radius 1 is 1.17 bits per heavy atom. The van der Waals surface area contributed by atoms with E-state index < -0.39 is 0 Å². The summed E-state index contributed by atoms with van der Waals surface area (Å²) in [6.07, 6.45) is 6.25. The summed E-state index contributed by atoms with van der Waals surface area (Å²) >= 11 is 0. The Balaban J connectivity index is 1.51. The normalized spacial score (nSPS) is 16.0. The average molecular weight is 311 g/mol. The van der Waals surface area contributed by atoms with Gasteiger partial charge in [0.05, 0.1) is 11.0 Å². The summed E-state index contributed by atoms with van der Waals surface area (Å²) < 4.78 is 7.89. The van der Waals surface area contributed by atoms with Gasteiger partial charge in [-0.2, -0.15) is 0 Å². The quantitative estimate of drug-likeness (QED) is 0.798. The monoisotopic (exact) mass is 311 g/mol. The Labute approximate surface area is 134 Å². The van der Waals surface area contributed by atoms with Crippen molar-refractivity contribution >= 4 is 17.0 Å². The number of aryl methyl sites for hydroxylation is 1. The van der Waals surface area contributed by atoms with Gasteiger partial charge in [0.2, 0.25) is 5.89 Å². The fraction of sp³-hybridized carbons (Fsp3) is 0.471. The second-order valence-electron chi connectivity index (χ2n) is 6.21. The van der Waals surface area contributed by atoms with Gasteiger partial charge in [0, 0.05) is 6.04 Å². The molecule has 3 aromatic rings. The number of anilines is 1. The maximum absolute atomic E-state index is 5.78. The number of hydrogen-bond donors (Lipinski definition) is 1. The molecule has 23 heavy (non-hydrogen) atoms. The van der Waals surface area contributed by atoms with Crippen LogP contribution < -0.4 is 5.32 Å². The van der Waals surface area contributed by atoms with Crippen molar-refractivity contribution in [2.75, 3.05) is 5.32 Å². The molecular formula is C17H21N5O. The Morgan fingerprint density at radius 2 is 2.00 bits per heavy atom. The molecule has 1 aliphatic rings. The van der Waals surface area contributed by atoms with E-state index in [0.717, 1.165) is 16.9 Å². The number of aromatic nitrogens is 4. The molecule has 0 amide bonds. The molecule has 2 aromatic heterocycles. The van der Waals surface area contributed by atoms with E-state index in [2.05, 4.69) is 31.1 Å². The number of rotatable bonds is 4. The van der Waals surface area contributed by atoms with E-state index in [9.17, 15) is 0 Å². The largest absolute Gasteiger partial charge is 0.406 e. The second kappa shape index (κ2) is 6.02. The highest BCUT2D eigenvalue weighted by atomic mass is 16.4. The van der Waals surface area contributed by atoms with E-state index in [4.69, 9.17) is 4.42 Å². The molecule has 4 rings (SSSR count). The molecule has 120 valence electrons. The lowest BCUT2D eigenvalue weighted by Gasteiger charge is -2.21. The molecule has 2 heterocycles. The van der Waals surface area contributed by atoms with Gasteiger partial charge in [-0.3, -0.25) is 0 Å². The molecule has 0 aliphatic heterocycles. The van der Waals surface area contributed by atoms with Gasteiger partial charge in [0.25, 0.3) is 0 Å². The predicted molar refractivity (Wildman–Crippen MR) is 88.4 cm³/mol. The van der Waals surface area contributed by atoms with E-state index >= 15 is 0 Å². The van der Waals surface area contributed by atoms with E-state index in [1.807, 2.05) is 25.1 Å². The first kappa shape index (κ1) is 14.2. The first-order valence-electron chi connectivity index (χ1n) is 8.30. The maximum atomic E-state index is 5.78. The lowest BCUT2D eigenvalue weighted by Crippen LogP contribution is -2.22. The third-order valence-corrected chi connectivity index (χ3v) is 4.54. The van der Waals surface area contributed by atoms with Crippen molar-refractivity contribution in [1.82, 2.24) is 19.7 Å². The number of imidazole rings is 1. The minimum atomic E-state index is 0.466. The molecule has 1 aliphatic carbocycles. The first-order chi connectivity index (χ1) is 11.3. The van der Waals surface area contributed by atoms with Gasteiger partial charge in [-0.25, -0.2) is 4.98 Å². The van der Waals surface area contributed by atoms with Gasteiger partial charge in [-0.15, -0.1) is 5.10 Å². The summed E-state index contributed by atoms with van der Waals surface area (Å²) in [5, 5.41) is 11.7. The van der Waals surface area contributed by atoms with Gasteiger partial charge in [0.15, 0.2) is 0 Å². The Hall–Kier alpha value is -2.37. The molecule has 0 radical (unpaired) electrons. The van der Waals surface area contributed by atoms with Crippen molar-refractivity contribution < 1.29 is 4.42 Å². The van der Waals surface area contributed by atoms with Crippen LogP contribution in [0.15, 0.2) is 28.7 Å². The third kappa shape index (κ3) is 2.93. The summed E-state index contributed by atoms with van der Waals surface area (Å²) in [6, 6.07) is 9.10. The van der Waals surface area contributed by atoms with Crippen molar-refractivity contribution in [2.24, 2.45) is 0 Å². The van der Waals surface area contributed by atoms with Gasteiger partial charge in [-0.05, 0) is 31.9 Å². The third-order valence-electron chi connectivity index (χ3n) is 4.54. The van der Waals surface area contributed by atoms with Gasteiger partial charge in [-0.1, -0.05) is 36.5 Å². The van der Waals surface area contributed by atoms with Crippen molar-refractivity contribution in [1.29, 1.82) is 0 Å². The number of nitrogens with zero attached hydrogens (tertiary/aromatic N) is 4. The van der Waals surface area contributed by atoms with E-state index in [1.165, 1.54) is 32.1 Å². The molecule has 1 fully saturated rings. The second-order valence-corrected chi connectivity index (χ2v) is 6.21. The van der Waals surface area contributed by atoms with Crippen LogP contribution in [-0.2, 0) is 6.54 Å². The zero-order chi connectivity index (χ0) is 15.6. The summed E-state index contributed by atoms with van der Waals surface area (Å²) in [4.78, 5) is 4.57. The molecule has 0 spiro atoms. The molecule has 6 heteroatoms. The molecule has 0 unspecified atom stereocenters. The van der Waals surface area contributed by atoms with Crippen LogP contribution in [0.25, 0.3) is 11.0 Å². The SMILES string of the molecule is Cc1nc2ccccc2n1Cc1nnc(NC2CCCCC2)o1. The van der Waals surface area contributed by atoms with Crippen LogP contribution >= 0.6 is 0 Å². The smallest absolute Gasteiger partial charge is 0.315 e. The topological polar surface area (TPSA) is 68.8 Å². The van der Waals surface area contributed by atoms with Crippen LogP contribution in [-0.4, -0.2) is 25.8 Å². The lowest BCUT2D eigenvalue weighted by atomic mass is 9.96. The number of fused-ring (bicyclic) bond motifs is 1. The molecule has 0 atom stereocenters. The predicted octanol–water partition coefficient (Wildman–Crippen LogP) is 3.52. The van der Waals surface area contributed by atoms with Crippen molar-refractivity contribution in [3.8, 4) is 0 Å². The fourth-order valence-corrected chi connectivity index (χ4v) is 3.33. The minimum absolute atomic E-state index is 0.466. The summed E-state index contributed by atoms with van der Waals surface area (Å²) in [5.41, 5.74) is 2.08. The van der Waals surface area contributed by atoms with Crippen molar-refractivity contribution in [3.63, 3.8) is 0 Å². The van der Waals surface area contributed by atoms with Crippen LogP contribution in [0.4, 0.5) is 6.01 Å². The van der Waals surface area contributed by atoms with Gasteiger partial charge in [0.1, 0.15) is 12.4 Å². The number of benzene rings is 1. The maximum Gasteiger partial charge on any atom is 0.315 e. The van der Waals surface area contributed by atoms with Crippen LogP contribution in [0.5, 0.6) is 0 Å². The minimum Gasteiger partial charge on any atom is -0.406 e. The van der Waals surface area contributed by atoms with Crippen LogP contribution in [0.3, 0.4) is 0 Å². The molecule has 1 N–H and O–H groups in total. The number of para-hydroxylation sites is 2. The van der Waals surface area contributed by atoms with E-state index in [-0.39, 0.29) is 0 Å². The molecule has 0 bridgehead atoms. The molecule has 1 aromatic carbocycles. The summed E-state index contributed by atoms with van der Waals surface area (Å²) in [7, 11) is 0. The molecular weight excluding hydrogens is 290 g/mol. The van der Waals surface area contributed by atoms with Crippen LogP contribution in [0.1, 0.15) is 43.8 Å². The van der Waals surface area contributed by atoms with Gasteiger partial charge >= 0.3 is 6.01 Å². The molecule has 6 nitrogen and oxygen atoms in total.